The average Bonchev–Trinajstić information content (AvgIpc) is 2.38. The van der Waals surface area contributed by atoms with Crippen LogP contribution in [0.1, 0.15) is 18.0 Å². The third-order valence-corrected chi connectivity index (χ3v) is 3.16. The maximum Gasteiger partial charge on any atom is 0.123 e. The van der Waals surface area contributed by atoms with Crippen LogP contribution in [-0.2, 0) is 4.74 Å². The second-order valence-electron chi connectivity index (χ2n) is 4.40. The van der Waals surface area contributed by atoms with Crippen LogP contribution < -0.4 is 5.73 Å². The van der Waals surface area contributed by atoms with Crippen LogP contribution in [0.15, 0.2) is 24.3 Å². The summed E-state index contributed by atoms with van der Waals surface area (Å²) in [5.74, 6) is -0.214. The number of nitrogens with two attached hydrogens (primary N) is 1. The summed E-state index contributed by atoms with van der Waals surface area (Å²) < 4.78 is 18.1. The van der Waals surface area contributed by atoms with Gasteiger partial charge in [0.15, 0.2) is 0 Å². The van der Waals surface area contributed by atoms with E-state index in [-0.39, 0.29) is 11.9 Å². The van der Waals surface area contributed by atoms with Gasteiger partial charge in [0.25, 0.3) is 0 Å². The molecule has 0 radical (unpaired) electrons. The van der Waals surface area contributed by atoms with Crippen LogP contribution in [0.2, 0.25) is 0 Å². The van der Waals surface area contributed by atoms with E-state index in [1.807, 2.05) is 0 Å². The van der Waals surface area contributed by atoms with Crippen molar-refractivity contribution in [2.24, 2.45) is 5.73 Å². The van der Waals surface area contributed by atoms with E-state index in [1.165, 1.54) is 12.1 Å². The molecule has 0 aromatic heterocycles. The smallest absolute Gasteiger partial charge is 0.123 e. The largest absolute Gasteiger partial charge is 0.379 e. The van der Waals surface area contributed by atoms with Crippen molar-refractivity contribution in [2.45, 2.75) is 12.5 Å². The topological polar surface area (TPSA) is 38.5 Å². The van der Waals surface area contributed by atoms with E-state index in [1.54, 1.807) is 12.1 Å². The molecule has 1 fully saturated rings. The summed E-state index contributed by atoms with van der Waals surface area (Å²) in [7, 11) is 0. The van der Waals surface area contributed by atoms with Crippen molar-refractivity contribution in [3.63, 3.8) is 0 Å². The Morgan fingerprint density at radius 3 is 2.53 bits per heavy atom. The second-order valence-corrected chi connectivity index (χ2v) is 4.40. The van der Waals surface area contributed by atoms with Crippen LogP contribution in [0.3, 0.4) is 0 Å². The van der Waals surface area contributed by atoms with Crippen LogP contribution in [-0.4, -0.2) is 37.7 Å². The van der Waals surface area contributed by atoms with Crippen molar-refractivity contribution in [3.05, 3.63) is 35.6 Å². The Hall–Kier alpha value is -0.970. The third kappa shape index (κ3) is 3.77. The number of hydrogen-bond donors (Lipinski definition) is 1. The van der Waals surface area contributed by atoms with Gasteiger partial charge in [0.2, 0.25) is 0 Å². The number of morpholine rings is 1. The van der Waals surface area contributed by atoms with E-state index in [2.05, 4.69) is 4.90 Å². The molecule has 3 nitrogen and oxygen atoms in total. The van der Waals surface area contributed by atoms with E-state index < -0.39 is 0 Å². The standard InChI is InChI=1S/C13H19FN2O/c14-12-3-1-11(2-4-12)13(15)5-6-16-7-9-17-10-8-16/h1-4,13H,5-10,15H2/t13-/m1/s1. The Morgan fingerprint density at radius 2 is 1.88 bits per heavy atom. The molecule has 1 aromatic carbocycles. The van der Waals surface area contributed by atoms with Gasteiger partial charge in [0.05, 0.1) is 13.2 Å². The monoisotopic (exact) mass is 238 g/mol. The molecule has 1 aliphatic heterocycles. The SMILES string of the molecule is N[C@H](CCN1CCOCC1)c1ccc(F)cc1. The molecule has 94 valence electrons. The Balaban J connectivity index is 1.80. The molecule has 1 aliphatic rings. The fourth-order valence-electron chi connectivity index (χ4n) is 2.02. The molecule has 0 unspecified atom stereocenters. The Labute approximate surface area is 101 Å². The summed E-state index contributed by atoms with van der Waals surface area (Å²) in [6, 6.07) is 6.44. The molecule has 1 heterocycles. The summed E-state index contributed by atoms with van der Waals surface area (Å²) in [6.07, 6.45) is 0.894. The van der Waals surface area contributed by atoms with Crippen LogP contribution in [0, 0.1) is 5.82 Å². The van der Waals surface area contributed by atoms with Crippen molar-refractivity contribution in [1.29, 1.82) is 0 Å². The highest BCUT2D eigenvalue weighted by atomic mass is 19.1. The molecule has 1 saturated heterocycles. The van der Waals surface area contributed by atoms with E-state index in [9.17, 15) is 4.39 Å². The van der Waals surface area contributed by atoms with Crippen molar-refractivity contribution < 1.29 is 9.13 Å². The highest BCUT2D eigenvalue weighted by molar-refractivity contribution is 5.19. The number of hydrogen-bond acceptors (Lipinski definition) is 3. The van der Waals surface area contributed by atoms with E-state index >= 15 is 0 Å². The van der Waals surface area contributed by atoms with Crippen molar-refractivity contribution in [3.8, 4) is 0 Å². The lowest BCUT2D eigenvalue weighted by atomic mass is 10.0. The summed E-state index contributed by atoms with van der Waals surface area (Å²) in [5, 5.41) is 0. The molecule has 1 atom stereocenters. The molecular formula is C13H19FN2O. The molecule has 0 saturated carbocycles. The molecule has 1 aromatic rings. The number of benzene rings is 1. The first kappa shape index (κ1) is 12.5. The molecule has 0 bridgehead atoms. The lowest BCUT2D eigenvalue weighted by molar-refractivity contribution is 0.0366. The highest BCUT2D eigenvalue weighted by Crippen LogP contribution is 2.15. The molecule has 0 spiro atoms. The van der Waals surface area contributed by atoms with Crippen molar-refractivity contribution in [1.82, 2.24) is 4.90 Å². The summed E-state index contributed by atoms with van der Waals surface area (Å²) in [5.41, 5.74) is 7.08. The van der Waals surface area contributed by atoms with Crippen LogP contribution in [0.5, 0.6) is 0 Å². The van der Waals surface area contributed by atoms with Gasteiger partial charge < -0.3 is 10.5 Å². The normalized spacial score (nSPS) is 19.2. The Morgan fingerprint density at radius 1 is 1.24 bits per heavy atom. The van der Waals surface area contributed by atoms with Crippen LogP contribution >= 0.6 is 0 Å². The first-order valence-corrected chi connectivity index (χ1v) is 6.07. The number of ether oxygens (including phenoxy) is 1. The van der Waals surface area contributed by atoms with Gasteiger partial charge in [-0.1, -0.05) is 12.1 Å². The fraction of sp³-hybridized carbons (Fsp3) is 0.538. The zero-order valence-corrected chi connectivity index (χ0v) is 9.94. The van der Waals surface area contributed by atoms with Crippen molar-refractivity contribution >= 4 is 0 Å². The lowest BCUT2D eigenvalue weighted by Crippen LogP contribution is -2.37. The second kappa shape index (κ2) is 6.10. The van der Waals surface area contributed by atoms with Gasteiger partial charge in [-0.15, -0.1) is 0 Å². The van der Waals surface area contributed by atoms with Gasteiger partial charge in [0, 0.05) is 25.7 Å². The minimum Gasteiger partial charge on any atom is -0.379 e. The molecule has 4 heteroatoms. The van der Waals surface area contributed by atoms with Gasteiger partial charge in [-0.25, -0.2) is 4.39 Å². The lowest BCUT2D eigenvalue weighted by Gasteiger charge is -2.27. The maximum atomic E-state index is 12.8. The molecule has 2 N–H and O–H groups in total. The first-order chi connectivity index (χ1) is 8.25. The van der Waals surface area contributed by atoms with E-state index in [4.69, 9.17) is 10.5 Å². The molecule has 0 amide bonds. The summed E-state index contributed by atoms with van der Waals surface area (Å²) >= 11 is 0. The summed E-state index contributed by atoms with van der Waals surface area (Å²) in [4.78, 5) is 2.35. The average molecular weight is 238 g/mol. The Kier molecular flexibility index (Phi) is 4.48. The predicted molar refractivity (Wildman–Crippen MR) is 65.2 cm³/mol. The number of halogens is 1. The van der Waals surface area contributed by atoms with Crippen LogP contribution in [0.25, 0.3) is 0 Å². The van der Waals surface area contributed by atoms with Gasteiger partial charge in [-0.05, 0) is 24.1 Å². The molecular weight excluding hydrogens is 219 g/mol. The maximum absolute atomic E-state index is 12.8. The zero-order valence-electron chi connectivity index (χ0n) is 9.94. The number of nitrogens with zero attached hydrogens (tertiary/aromatic N) is 1. The predicted octanol–water partition coefficient (Wildman–Crippen LogP) is 1.55. The number of rotatable bonds is 4. The van der Waals surface area contributed by atoms with Gasteiger partial charge in [-0.3, -0.25) is 4.90 Å². The minimum atomic E-state index is -0.214. The van der Waals surface area contributed by atoms with Crippen LogP contribution in [0.4, 0.5) is 4.39 Å². The Bertz CT molecular complexity index is 336. The molecule has 0 aliphatic carbocycles. The third-order valence-electron chi connectivity index (χ3n) is 3.16. The quantitative estimate of drug-likeness (QED) is 0.865. The van der Waals surface area contributed by atoms with E-state index in [0.29, 0.717) is 0 Å². The first-order valence-electron chi connectivity index (χ1n) is 6.07. The zero-order chi connectivity index (χ0) is 12.1. The fourth-order valence-corrected chi connectivity index (χ4v) is 2.02. The summed E-state index contributed by atoms with van der Waals surface area (Å²) in [6.45, 7) is 4.56. The molecule has 17 heavy (non-hydrogen) atoms. The molecule has 2 rings (SSSR count). The highest BCUT2D eigenvalue weighted by Gasteiger charge is 2.12. The minimum absolute atomic E-state index is 0.0153. The van der Waals surface area contributed by atoms with Gasteiger partial charge in [0.1, 0.15) is 5.82 Å². The van der Waals surface area contributed by atoms with E-state index in [0.717, 1.165) is 44.8 Å². The van der Waals surface area contributed by atoms with Crippen molar-refractivity contribution in [2.75, 3.05) is 32.8 Å². The van der Waals surface area contributed by atoms with Gasteiger partial charge >= 0.3 is 0 Å². The van der Waals surface area contributed by atoms with Gasteiger partial charge in [-0.2, -0.15) is 0 Å².